The lowest BCUT2D eigenvalue weighted by Crippen LogP contribution is -2.11. The molecule has 5 nitrogen and oxygen atoms in total. The fraction of sp³-hybridized carbons (Fsp3) is 0.286. The number of aromatic nitrogens is 2. The Hall–Kier alpha value is -1.85. The summed E-state index contributed by atoms with van der Waals surface area (Å²) in [5.41, 5.74) is 3.54. The van der Waals surface area contributed by atoms with Gasteiger partial charge in [0.2, 0.25) is 5.88 Å². The first-order chi connectivity index (χ1) is 9.71. The lowest BCUT2D eigenvalue weighted by Gasteiger charge is -2.09. The van der Waals surface area contributed by atoms with Crippen molar-refractivity contribution in [2.24, 2.45) is 5.84 Å². The zero-order valence-corrected chi connectivity index (χ0v) is 12.0. The third-order valence-electron chi connectivity index (χ3n) is 2.67. The van der Waals surface area contributed by atoms with E-state index in [1.165, 1.54) is 0 Å². The Morgan fingerprint density at radius 1 is 1.25 bits per heavy atom. The first-order valence-corrected chi connectivity index (χ1v) is 6.81. The Morgan fingerprint density at radius 3 is 2.65 bits per heavy atom. The first kappa shape index (κ1) is 14.6. The lowest BCUT2D eigenvalue weighted by molar-refractivity contribution is 0.292. The Kier molecular flexibility index (Phi) is 5.15. The Balaban J connectivity index is 2.07. The quantitative estimate of drug-likeness (QED) is 0.632. The normalized spacial score (nSPS) is 10.3. The maximum absolute atomic E-state index is 5.84. The van der Waals surface area contributed by atoms with Gasteiger partial charge in [-0.15, -0.1) is 0 Å². The van der Waals surface area contributed by atoms with Crippen LogP contribution in [0.2, 0.25) is 5.02 Å². The molecule has 0 bridgehead atoms. The molecule has 0 saturated carbocycles. The van der Waals surface area contributed by atoms with Gasteiger partial charge in [0.25, 0.3) is 0 Å². The van der Waals surface area contributed by atoms with Crippen LogP contribution in [0.1, 0.15) is 24.7 Å². The third kappa shape index (κ3) is 4.08. The summed E-state index contributed by atoms with van der Waals surface area (Å²) in [6.45, 7) is 2.49. The number of nitrogens with zero attached hydrogens (tertiary/aromatic N) is 2. The molecule has 2 aromatic rings. The van der Waals surface area contributed by atoms with Gasteiger partial charge in [0.15, 0.2) is 0 Å². The number of benzene rings is 1. The molecule has 20 heavy (non-hydrogen) atoms. The van der Waals surface area contributed by atoms with E-state index in [4.69, 9.17) is 22.2 Å². The highest BCUT2D eigenvalue weighted by Gasteiger charge is 2.05. The Morgan fingerprint density at radius 2 is 2.00 bits per heavy atom. The van der Waals surface area contributed by atoms with E-state index < -0.39 is 0 Å². The fourth-order valence-electron chi connectivity index (χ4n) is 1.69. The minimum atomic E-state index is 0.420. The molecule has 0 radical (unpaired) electrons. The van der Waals surface area contributed by atoms with Crippen LogP contribution in [0.4, 0.5) is 5.82 Å². The SMILES string of the molecule is CCCc1nc(NN)cc(OCc2ccc(Cl)cc2)n1. The molecule has 0 fully saturated rings. The number of nitrogens with two attached hydrogens (primary N) is 1. The second-order valence-corrected chi connectivity index (χ2v) is 4.75. The van der Waals surface area contributed by atoms with Gasteiger partial charge in [-0.1, -0.05) is 30.7 Å². The second-order valence-electron chi connectivity index (χ2n) is 4.32. The lowest BCUT2D eigenvalue weighted by atomic mass is 10.2. The molecule has 0 aliphatic heterocycles. The largest absolute Gasteiger partial charge is 0.473 e. The predicted octanol–water partition coefficient (Wildman–Crippen LogP) is 2.95. The van der Waals surface area contributed by atoms with Crippen molar-refractivity contribution < 1.29 is 4.74 Å². The van der Waals surface area contributed by atoms with Crippen LogP contribution in [0.15, 0.2) is 30.3 Å². The minimum Gasteiger partial charge on any atom is -0.473 e. The van der Waals surface area contributed by atoms with Gasteiger partial charge in [-0.05, 0) is 24.1 Å². The predicted molar refractivity (Wildman–Crippen MR) is 79.6 cm³/mol. The zero-order valence-electron chi connectivity index (χ0n) is 11.3. The van der Waals surface area contributed by atoms with E-state index >= 15 is 0 Å². The van der Waals surface area contributed by atoms with Gasteiger partial charge in [0.1, 0.15) is 18.2 Å². The van der Waals surface area contributed by atoms with Gasteiger partial charge in [-0.2, -0.15) is 4.98 Å². The molecule has 0 aliphatic rings. The molecular formula is C14H17ClN4O. The fourth-order valence-corrected chi connectivity index (χ4v) is 1.82. The second kappa shape index (κ2) is 7.07. The molecule has 106 valence electrons. The van der Waals surface area contributed by atoms with Crippen molar-refractivity contribution in [1.82, 2.24) is 9.97 Å². The van der Waals surface area contributed by atoms with Crippen molar-refractivity contribution in [2.45, 2.75) is 26.4 Å². The molecule has 0 atom stereocenters. The Labute approximate surface area is 123 Å². The van der Waals surface area contributed by atoms with Gasteiger partial charge < -0.3 is 10.2 Å². The number of hydrogen-bond donors (Lipinski definition) is 2. The van der Waals surface area contributed by atoms with Crippen LogP contribution in [-0.4, -0.2) is 9.97 Å². The molecule has 1 aromatic carbocycles. The third-order valence-corrected chi connectivity index (χ3v) is 2.92. The molecule has 0 amide bonds. The summed E-state index contributed by atoms with van der Waals surface area (Å²) in [5.74, 6) is 7.17. The van der Waals surface area contributed by atoms with Crippen LogP contribution in [0.25, 0.3) is 0 Å². The van der Waals surface area contributed by atoms with Crippen LogP contribution in [-0.2, 0) is 13.0 Å². The average molecular weight is 293 g/mol. The summed E-state index contributed by atoms with van der Waals surface area (Å²) < 4.78 is 5.67. The van der Waals surface area contributed by atoms with Crippen molar-refractivity contribution in [3.63, 3.8) is 0 Å². The van der Waals surface area contributed by atoms with Gasteiger partial charge in [0.05, 0.1) is 0 Å². The first-order valence-electron chi connectivity index (χ1n) is 6.43. The van der Waals surface area contributed by atoms with Crippen LogP contribution in [0.5, 0.6) is 5.88 Å². The van der Waals surface area contributed by atoms with Crippen LogP contribution >= 0.6 is 11.6 Å². The molecule has 1 aromatic heterocycles. The van der Waals surface area contributed by atoms with E-state index in [0.717, 1.165) is 18.4 Å². The number of hydrogen-bond acceptors (Lipinski definition) is 5. The zero-order chi connectivity index (χ0) is 14.4. The molecular weight excluding hydrogens is 276 g/mol. The standard InChI is InChI=1S/C14H17ClN4O/c1-2-3-12-17-13(19-16)8-14(18-12)20-9-10-4-6-11(15)7-5-10/h4-8H,2-3,9,16H2,1H3,(H,17,18,19). The molecule has 0 spiro atoms. The molecule has 0 aliphatic carbocycles. The van der Waals surface area contributed by atoms with E-state index in [9.17, 15) is 0 Å². The maximum Gasteiger partial charge on any atom is 0.219 e. The topological polar surface area (TPSA) is 73.1 Å². The van der Waals surface area contributed by atoms with E-state index in [0.29, 0.717) is 29.2 Å². The van der Waals surface area contributed by atoms with Crippen molar-refractivity contribution in [3.05, 3.63) is 46.7 Å². The maximum atomic E-state index is 5.84. The highest BCUT2D eigenvalue weighted by atomic mass is 35.5. The molecule has 0 unspecified atom stereocenters. The summed E-state index contributed by atoms with van der Waals surface area (Å²) in [6, 6.07) is 9.16. The molecule has 1 heterocycles. The van der Waals surface area contributed by atoms with Crippen molar-refractivity contribution in [3.8, 4) is 5.88 Å². The number of rotatable bonds is 6. The highest BCUT2D eigenvalue weighted by Crippen LogP contribution is 2.16. The van der Waals surface area contributed by atoms with Crippen LogP contribution in [0.3, 0.4) is 0 Å². The monoisotopic (exact) mass is 292 g/mol. The summed E-state index contributed by atoms with van der Waals surface area (Å²) in [4.78, 5) is 8.61. The molecule has 6 heteroatoms. The summed E-state index contributed by atoms with van der Waals surface area (Å²) in [6.07, 6.45) is 1.75. The summed E-state index contributed by atoms with van der Waals surface area (Å²) in [5, 5.41) is 0.704. The number of anilines is 1. The van der Waals surface area contributed by atoms with Gasteiger partial charge >= 0.3 is 0 Å². The summed E-state index contributed by atoms with van der Waals surface area (Å²) in [7, 11) is 0. The van der Waals surface area contributed by atoms with Crippen LogP contribution in [0, 0.1) is 0 Å². The summed E-state index contributed by atoms with van der Waals surface area (Å²) >= 11 is 5.84. The minimum absolute atomic E-state index is 0.420. The molecule has 2 rings (SSSR count). The number of aryl methyl sites for hydroxylation is 1. The van der Waals surface area contributed by atoms with E-state index in [2.05, 4.69) is 22.3 Å². The van der Waals surface area contributed by atoms with E-state index in [-0.39, 0.29) is 0 Å². The van der Waals surface area contributed by atoms with E-state index in [1.807, 2.05) is 24.3 Å². The van der Waals surface area contributed by atoms with Crippen molar-refractivity contribution in [2.75, 3.05) is 5.43 Å². The van der Waals surface area contributed by atoms with Gasteiger partial charge in [-0.3, -0.25) is 0 Å². The molecule has 0 saturated heterocycles. The van der Waals surface area contributed by atoms with Crippen molar-refractivity contribution >= 4 is 17.4 Å². The molecule has 3 N–H and O–H groups in total. The Bertz CT molecular complexity index is 560. The number of hydrazine groups is 1. The number of nitrogen functional groups attached to an aromatic ring is 1. The van der Waals surface area contributed by atoms with Gasteiger partial charge in [0, 0.05) is 17.5 Å². The van der Waals surface area contributed by atoms with E-state index in [1.54, 1.807) is 6.07 Å². The van der Waals surface area contributed by atoms with Gasteiger partial charge in [-0.25, -0.2) is 10.8 Å². The number of nitrogens with one attached hydrogen (secondary N) is 1. The average Bonchev–Trinajstić information content (AvgIpc) is 2.47. The highest BCUT2D eigenvalue weighted by molar-refractivity contribution is 6.30. The van der Waals surface area contributed by atoms with Crippen LogP contribution < -0.4 is 16.0 Å². The smallest absolute Gasteiger partial charge is 0.219 e. The number of halogens is 1. The number of ether oxygens (including phenoxy) is 1. The van der Waals surface area contributed by atoms with Crippen molar-refractivity contribution in [1.29, 1.82) is 0 Å².